The van der Waals surface area contributed by atoms with E-state index in [0.29, 0.717) is 0 Å². The van der Waals surface area contributed by atoms with Crippen molar-refractivity contribution in [1.29, 1.82) is 5.26 Å². The highest BCUT2D eigenvalue weighted by atomic mass is 16.5. The number of hydrogen-bond donors (Lipinski definition) is 2. The SMILES string of the molecule is N#CCCC(NC(=O)OCC1c2ccccc2-c2ccccc21)C(=O)O. The van der Waals surface area contributed by atoms with E-state index in [4.69, 9.17) is 15.1 Å². The van der Waals surface area contributed by atoms with Crippen molar-refractivity contribution < 1.29 is 19.4 Å². The smallest absolute Gasteiger partial charge is 0.407 e. The number of aliphatic carboxylic acids is 1. The predicted octanol–water partition coefficient (Wildman–Crippen LogP) is 3.28. The standard InChI is InChI=1S/C20H18N2O4/c21-11-5-10-18(19(23)24)22-20(25)26-12-17-15-8-3-1-6-13(15)14-7-2-4-9-16(14)17/h1-4,6-9,17-18H,5,10,12H2,(H,22,25)(H,23,24). The molecule has 0 bridgehead atoms. The number of hydrogen-bond acceptors (Lipinski definition) is 4. The van der Waals surface area contributed by atoms with E-state index in [1.807, 2.05) is 54.6 Å². The molecule has 0 saturated heterocycles. The summed E-state index contributed by atoms with van der Waals surface area (Å²) in [7, 11) is 0. The zero-order chi connectivity index (χ0) is 18.5. The molecule has 2 N–H and O–H groups in total. The van der Waals surface area contributed by atoms with Gasteiger partial charge in [-0.25, -0.2) is 9.59 Å². The minimum absolute atomic E-state index is 0.0377. The summed E-state index contributed by atoms with van der Waals surface area (Å²) in [6, 6.07) is 16.7. The topological polar surface area (TPSA) is 99.4 Å². The van der Waals surface area contributed by atoms with Gasteiger partial charge in [0.05, 0.1) is 6.07 Å². The van der Waals surface area contributed by atoms with Gasteiger partial charge in [0.25, 0.3) is 0 Å². The number of amides is 1. The van der Waals surface area contributed by atoms with Crippen molar-refractivity contribution in [2.45, 2.75) is 24.8 Å². The summed E-state index contributed by atoms with van der Waals surface area (Å²) in [6.45, 7) is 0.116. The molecule has 0 fully saturated rings. The Bertz CT molecular complexity index is 827. The van der Waals surface area contributed by atoms with Gasteiger partial charge in [0.2, 0.25) is 0 Å². The number of fused-ring (bicyclic) bond motifs is 3. The zero-order valence-corrected chi connectivity index (χ0v) is 14.0. The lowest BCUT2D eigenvalue weighted by molar-refractivity contribution is -0.139. The molecule has 1 aliphatic carbocycles. The molecular weight excluding hydrogens is 332 g/mol. The van der Waals surface area contributed by atoms with Gasteiger partial charge in [-0.2, -0.15) is 5.26 Å². The Kier molecular flexibility index (Phi) is 5.18. The minimum atomic E-state index is -1.19. The van der Waals surface area contributed by atoms with Crippen molar-refractivity contribution in [3.63, 3.8) is 0 Å². The van der Waals surface area contributed by atoms with Crippen molar-refractivity contribution in [2.24, 2.45) is 0 Å². The van der Waals surface area contributed by atoms with Crippen LogP contribution >= 0.6 is 0 Å². The van der Waals surface area contributed by atoms with Gasteiger partial charge in [-0.05, 0) is 28.7 Å². The van der Waals surface area contributed by atoms with E-state index >= 15 is 0 Å². The Morgan fingerprint density at radius 3 is 2.23 bits per heavy atom. The molecule has 2 aromatic carbocycles. The lowest BCUT2D eigenvalue weighted by Gasteiger charge is -2.16. The normalized spacial score (nSPS) is 13.2. The molecule has 132 valence electrons. The Labute approximate surface area is 151 Å². The lowest BCUT2D eigenvalue weighted by atomic mass is 9.98. The molecule has 0 radical (unpaired) electrons. The van der Waals surface area contributed by atoms with Crippen LogP contribution in [0.4, 0.5) is 4.79 Å². The van der Waals surface area contributed by atoms with Gasteiger partial charge in [0, 0.05) is 12.3 Å². The molecule has 6 heteroatoms. The highest BCUT2D eigenvalue weighted by Gasteiger charge is 2.29. The van der Waals surface area contributed by atoms with Gasteiger partial charge in [-0.15, -0.1) is 0 Å². The van der Waals surface area contributed by atoms with Crippen molar-refractivity contribution in [2.75, 3.05) is 6.61 Å². The number of benzene rings is 2. The molecule has 1 amide bonds. The molecule has 26 heavy (non-hydrogen) atoms. The number of carbonyl (C=O) groups is 2. The number of nitrogens with one attached hydrogen (secondary N) is 1. The third-order valence-corrected chi connectivity index (χ3v) is 4.48. The largest absolute Gasteiger partial charge is 0.480 e. The fourth-order valence-corrected chi connectivity index (χ4v) is 3.25. The fourth-order valence-electron chi connectivity index (χ4n) is 3.25. The van der Waals surface area contributed by atoms with E-state index in [-0.39, 0.29) is 25.4 Å². The molecular formula is C20H18N2O4. The fraction of sp³-hybridized carbons (Fsp3) is 0.250. The average Bonchev–Trinajstić information content (AvgIpc) is 2.97. The number of nitrogens with zero attached hydrogens (tertiary/aromatic N) is 1. The summed E-state index contributed by atoms with van der Waals surface area (Å²) in [6.07, 6.45) is -0.714. The third-order valence-electron chi connectivity index (χ3n) is 4.48. The number of carboxylic acid groups (broad SMARTS) is 1. The molecule has 1 aliphatic rings. The monoisotopic (exact) mass is 350 g/mol. The van der Waals surface area contributed by atoms with Crippen molar-refractivity contribution >= 4 is 12.1 Å². The molecule has 0 saturated carbocycles. The van der Waals surface area contributed by atoms with E-state index in [9.17, 15) is 9.59 Å². The Balaban J connectivity index is 1.69. The van der Waals surface area contributed by atoms with Crippen LogP contribution in [0.3, 0.4) is 0 Å². The Hall–Kier alpha value is -3.33. The first-order valence-electron chi connectivity index (χ1n) is 8.33. The van der Waals surface area contributed by atoms with E-state index in [1.165, 1.54) is 0 Å². The van der Waals surface area contributed by atoms with Crippen LogP contribution in [0.15, 0.2) is 48.5 Å². The first-order chi connectivity index (χ1) is 12.6. The van der Waals surface area contributed by atoms with Gasteiger partial charge in [-0.3, -0.25) is 0 Å². The minimum Gasteiger partial charge on any atom is -0.480 e. The van der Waals surface area contributed by atoms with E-state index in [1.54, 1.807) is 0 Å². The molecule has 1 atom stereocenters. The maximum atomic E-state index is 12.0. The maximum absolute atomic E-state index is 12.0. The predicted molar refractivity (Wildman–Crippen MR) is 94.5 cm³/mol. The second-order valence-corrected chi connectivity index (χ2v) is 6.06. The molecule has 0 heterocycles. The van der Waals surface area contributed by atoms with Gasteiger partial charge in [0.1, 0.15) is 12.6 Å². The average molecular weight is 350 g/mol. The summed E-state index contributed by atoms with van der Waals surface area (Å²) < 4.78 is 5.30. The number of alkyl carbamates (subject to hydrolysis) is 1. The lowest BCUT2D eigenvalue weighted by Crippen LogP contribution is -2.41. The number of carbonyl (C=O) groups excluding carboxylic acids is 1. The summed E-state index contributed by atoms with van der Waals surface area (Å²) in [5, 5.41) is 20.0. The van der Waals surface area contributed by atoms with Crippen LogP contribution in [0, 0.1) is 11.3 Å². The highest BCUT2D eigenvalue weighted by Crippen LogP contribution is 2.44. The molecule has 6 nitrogen and oxygen atoms in total. The number of nitriles is 1. The Morgan fingerprint density at radius 2 is 1.69 bits per heavy atom. The maximum Gasteiger partial charge on any atom is 0.407 e. The van der Waals surface area contributed by atoms with Crippen LogP contribution in [0.25, 0.3) is 11.1 Å². The first-order valence-corrected chi connectivity index (χ1v) is 8.33. The molecule has 0 spiro atoms. The number of carboxylic acids is 1. The summed E-state index contributed by atoms with van der Waals surface area (Å²) in [5.41, 5.74) is 4.41. The van der Waals surface area contributed by atoms with Gasteiger partial charge < -0.3 is 15.2 Å². The van der Waals surface area contributed by atoms with Crippen LogP contribution in [0.2, 0.25) is 0 Å². The van der Waals surface area contributed by atoms with E-state index in [2.05, 4.69) is 5.32 Å². The second-order valence-electron chi connectivity index (χ2n) is 6.06. The van der Waals surface area contributed by atoms with Crippen LogP contribution in [0.5, 0.6) is 0 Å². The van der Waals surface area contributed by atoms with Crippen molar-refractivity contribution in [3.8, 4) is 17.2 Å². The van der Waals surface area contributed by atoms with Crippen molar-refractivity contribution in [3.05, 3.63) is 59.7 Å². The molecule has 0 aliphatic heterocycles. The van der Waals surface area contributed by atoms with Gasteiger partial charge in [-0.1, -0.05) is 48.5 Å². The number of ether oxygens (including phenoxy) is 1. The first kappa shape index (κ1) is 17.5. The van der Waals surface area contributed by atoms with Gasteiger partial charge >= 0.3 is 12.1 Å². The third kappa shape index (κ3) is 3.52. The quantitative estimate of drug-likeness (QED) is 0.833. The Morgan fingerprint density at radius 1 is 1.12 bits per heavy atom. The van der Waals surface area contributed by atoms with Crippen LogP contribution < -0.4 is 5.32 Å². The van der Waals surface area contributed by atoms with Crippen LogP contribution in [-0.4, -0.2) is 29.8 Å². The molecule has 3 rings (SSSR count). The summed E-state index contributed by atoms with van der Waals surface area (Å²) in [4.78, 5) is 23.2. The van der Waals surface area contributed by atoms with E-state index < -0.39 is 18.1 Å². The zero-order valence-electron chi connectivity index (χ0n) is 14.0. The highest BCUT2D eigenvalue weighted by molar-refractivity contribution is 5.81. The molecule has 1 unspecified atom stereocenters. The number of rotatable bonds is 6. The summed E-state index contributed by atoms with van der Waals surface area (Å²) in [5.74, 6) is -1.27. The molecule has 2 aromatic rings. The second kappa shape index (κ2) is 7.70. The molecule has 0 aromatic heterocycles. The van der Waals surface area contributed by atoms with E-state index in [0.717, 1.165) is 22.3 Å². The summed E-state index contributed by atoms with van der Waals surface area (Å²) >= 11 is 0. The van der Waals surface area contributed by atoms with Crippen LogP contribution in [0.1, 0.15) is 29.9 Å². The van der Waals surface area contributed by atoms with Gasteiger partial charge in [0.15, 0.2) is 0 Å². The van der Waals surface area contributed by atoms with Crippen LogP contribution in [-0.2, 0) is 9.53 Å². The van der Waals surface area contributed by atoms with Crippen molar-refractivity contribution in [1.82, 2.24) is 5.32 Å².